The van der Waals surface area contributed by atoms with E-state index in [2.05, 4.69) is 20.8 Å². The number of hydrogen-bond donors (Lipinski definition) is 1. The summed E-state index contributed by atoms with van der Waals surface area (Å²) in [5.41, 5.74) is -0.963. The Morgan fingerprint density at radius 3 is 2.37 bits per heavy atom. The van der Waals surface area contributed by atoms with Crippen LogP contribution in [0.25, 0.3) is 0 Å². The molecule has 1 saturated heterocycles. The van der Waals surface area contributed by atoms with Gasteiger partial charge in [0, 0.05) is 13.0 Å². The number of halogens is 2. The molecule has 0 saturated carbocycles. The van der Waals surface area contributed by atoms with E-state index in [1.807, 2.05) is 0 Å². The Hall–Kier alpha value is -0.500. The summed E-state index contributed by atoms with van der Waals surface area (Å²) < 4.78 is 37.0. The second-order valence-corrected chi connectivity index (χ2v) is 7.99. The molecule has 1 aromatic rings. The zero-order valence-corrected chi connectivity index (χ0v) is 13.1. The number of nitrogens with zero attached hydrogens (tertiary/aromatic N) is 1. The molecule has 1 aliphatic rings. The number of nitrogens with one attached hydrogen (secondary N) is 1. The van der Waals surface area contributed by atoms with Gasteiger partial charge in [-0.2, -0.15) is 0 Å². The van der Waals surface area contributed by atoms with E-state index in [-0.39, 0.29) is 11.3 Å². The van der Waals surface area contributed by atoms with Crippen LogP contribution in [0.15, 0.2) is 35.2 Å². The first kappa shape index (κ1) is 14.9. The summed E-state index contributed by atoms with van der Waals surface area (Å²) in [6.45, 7) is 3.62. The van der Waals surface area contributed by atoms with Crippen molar-refractivity contribution in [3.8, 4) is 0 Å². The Labute approximate surface area is 121 Å². The highest BCUT2D eigenvalue weighted by atomic mass is 79.9. The number of benzene rings is 1. The quantitative estimate of drug-likeness (QED) is 0.851. The molecule has 0 amide bonds. The van der Waals surface area contributed by atoms with Gasteiger partial charge in [0.05, 0.1) is 10.4 Å². The lowest BCUT2D eigenvalue weighted by atomic mass is 10.0. The predicted octanol–water partition coefficient (Wildman–Crippen LogP) is 2.42. The lowest BCUT2D eigenvalue weighted by Gasteiger charge is -2.36. The topological polar surface area (TPSA) is 49.4 Å². The monoisotopic (exact) mass is 350 g/mol. The number of hydrogen-bond acceptors (Lipinski definition) is 3. The second kappa shape index (κ2) is 4.80. The standard InChI is InChI=1S/C12H16BrFN2O2S/c1-11(2)12(13,14)8-9-16(11)15-19(17,18)10-6-4-3-5-7-10/h3-7,15H,8-9H2,1-2H3. The largest absolute Gasteiger partial charge is 0.253 e. The molecule has 7 heteroatoms. The fourth-order valence-electron chi connectivity index (χ4n) is 1.99. The molecule has 1 aromatic carbocycles. The van der Waals surface area contributed by atoms with Gasteiger partial charge in [-0.15, -0.1) is 4.83 Å². The van der Waals surface area contributed by atoms with Crippen LogP contribution >= 0.6 is 15.9 Å². The first-order valence-corrected chi connectivity index (χ1v) is 8.17. The van der Waals surface area contributed by atoms with E-state index in [4.69, 9.17) is 0 Å². The molecule has 0 radical (unpaired) electrons. The molecule has 1 fully saturated rings. The van der Waals surface area contributed by atoms with Gasteiger partial charge in [-0.1, -0.05) is 18.2 Å². The molecule has 1 atom stereocenters. The van der Waals surface area contributed by atoms with Crippen molar-refractivity contribution in [2.75, 3.05) is 6.54 Å². The SMILES string of the molecule is CC1(C)N(NS(=O)(=O)c2ccccc2)CCC1(F)Br. The minimum absolute atomic E-state index is 0.164. The van der Waals surface area contributed by atoms with Gasteiger partial charge in [-0.25, -0.2) is 17.8 Å². The zero-order valence-electron chi connectivity index (χ0n) is 10.7. The number of alkyl halides is 2. The summed E-state index contributed by atoms with van der Waals surface area (Å²) >= 11 is 3.02. The summed E-state index contributed by atoms with van der Waals surface area (Å²) in [4.78, 5) is 2.62. The minimum Gasteiger partial charge on any atom is -0.229 e. The molecule has 4 nitrogen and oxygen atoms in total. The molecule has 0 aliphatic carbocycles. The van der Waals surface area contributed by atoms with Gasteiger partial charge in [-0.3, -0.25) is 0 Å². The molecule has 2 rings (SSSR count). The van der Waals surface area contributed by atoms with E-state index in [0.29, 0.717) is 6.54 Å². The van der Waals surface area contributed by atoms with Crippen LogP contribution in [0.2, 0.25) is 0 Å². The number of sulfonamides is 1. The van der Waals surface area contributed by atoms with Crippen molar-refractivity contribution in [1.29, 1.82) is 0 Å². The van der Waals surface area contributed by atoms with Crippen molar-refractivity contribution < 1.29 is 12.8 Å². The zero-order chi connectivity index (χ0) is 14.3. The molecule has 0 aromatic heterocycles. The maximum Gasteiger partial charge on any atom is 0.253 e. The highest BCUT2D eigenvalue weighted by Gasteiger charge is 2.54. The van der Waals surface area contributed by atoms with Gasteiger partial charge >= 0.3 is 0 Å². The molecule has 1 aliphatic heterocycles. The first-order valence-electron chi connectivity index (χ1n) is 5.90. The van der Waals surface area contributed by atoms with Crippen LogP contribution in [0.3, 0.4) is 0 Å². The van der Waals surface area contributed by atoms with Gasteiger partial charge in [0.15, 0.2) is 4.58 Å². The lowest BCUT2D eigenvalue weighted by molar-refractivity contribution is 0.0791. The fourth-order valence-corrected chi connectivity index (χ4v) is 3.61. The summed E-state index contributed by atoms with van der Waals surface area (Å²) in [5.74, 6) is 0. The van der Waals surface area contributed by atoms with Crippen LogP contribution in [-0.4, -0.2) is 30.1 Å². The van der Waals surface area contributed by atoms with Crippen LogP contribution in [0.1, 0.15) is 20.3 Å². The molecular weight excluding hydrogens is 335 g/mol. The average Bonchev–Trinajstić information content (AvgIpc) is 2.53. The fraction of sp³-hybridized carbons (Fsp3) is 0.500. The summed E-state index contributed by atoms with van der Waals surface area (Å²) in [6, 6.07) is 8.04. The molecule has 1 heterocycles. The molecular formula is C12H16BrFN2O2S. The lowest BCUT2D eigenvalue weighted by Crippen LogP contribution is -2.55. The van der Waals surface area contributed by atoms with Crippen molar-refractivity contribution in [3.63, 3.8) is 0 Å². The first-order chi connectivity index (χ1) is 8.67. The van der Waals surface area contributed by atoms with Crippen LogP contribution in [0, 0.1) is 0 Å². The third-order valence-corrected chi connectivity index (χ3v) is 6.22. The maximum atomic E-state index is 14.3. The Bertz CT molecular complexity index is 560. The van der Waals surface area contributed by atoms with Crippen LogP contribution in [0.5, 0.6) is 0 Å². The Morgan fingerprint density at radius 2 is 1.89 bits per heavy atom. The summed E-state index contributed by atoms with van der Waals surface area (Å²) in [6.07, 6.45) is 0.220. The smallest absolute Gasteiger partial charge is 0.229 e. The molecule has 0 bridgehead atoms. The van der Waals surface area contributed by atoms with Gasteiger partial charge in [0.25, 0.3) is 10.0 Å². The van der Waals surface area contributed by atoms with E-state index < -0.39 is 20.1 Å². The van der Waals surface area contributed by atoms with Gasteiger partial charge in [0.1, 0.15) is 0 Å². The molecule has 1 N–H and O–H groups in total. The average molecular weight is 351 g/mol. The van der Waals surface area contributed by atoms with E-state index in [9.17, 15) is 12.8 Å². The Kier molecular flexibility index (Phi) is 3.77. The molecule has 0 spiro atoms. The van der Waals surface area contributed by atoms with Crippen LogP contribution in [-0.2, 0) is 10.0 Å². The van der Waals surface area contributed by atoms with Gasteiger partial charge < -0.3 is 0 Å². The van der Waals surface area contributed by atoms with Crippen LogP contribution < -0.4 is 4.83 Å². The third-order valence-electron chi connectivity index (χ3n) is 3.50. The highest BCUT2D eigenvalue weighted by Crippen LogP contribution is 2.45. The van der Waals surface area contributed by atoms with E-state index >= 15 is 0 Å². The number of hydrazine groups is 1. The maximum absolute atomic E-state index is 14.3. The molecule has 19 heavy (non-hydrogen) atoms. The second-order valence-electron chi connectivity index (χ2n) is 5.07. The highest BCUT2D eigenvalue weighted by molar-refractivity contribution is 9.10. The van der Waals surface area contributed by atoms with E-state index in [1.165, 1.54) is 17.1 Å². The van der Waals surface area contributed by atoms with E-state index in [1.54, 1.807) is 32.0 Å². The van der Waals surface area contributed by atoms with Crippen molar-refractivity contribution in [1.82, 2.24) is 9.84 Å². The third kappa shape index (κ3) is 2.69. The summed E-state index contributed by atoms with van der Waals surface area (Å²) in [5, 5.41) is 1.42. The van der Waals surface area contributed by atoms with Crippen molar-refractivity contribution in [2.45, 2.75) is 35.3 Å². The van der Waals surface area contributed by atoms with Crippen molar-refractivity contribution in [3.05, 3.63) is 30.3 Å². The minimum atomic E-state index is -3.68. The Morgan fingerprint density at radius 1 is 1.32 bits per heavy atom. The van der Waals surface area contributed by atoms with Gasteiger partial charge in [-0.05, 0) is 41.9 Å². The Balaban J connectivity index is 2.24. The van der Waals surface area contributed by atoms with Gasteiger partial charge in [0.2, 0.25) is 0 Å². The normalized spacial score (nSPS) is 27.6. The van der Waals surface area contributed by atoms with Crippen LogP contribution in [0.4, 0.5) is 4.39 Å². The van der Waals surface area contributed by atoms with E-state index in [0.717, 1.165) is 0 Å². The molecule has 1 unspecified atom stereocenters. The van der Waals surface area contributed by atoms with Crippen molar-refractivity contribution >= 4 is 26.0 Å². The predicted molar refractivity (Wildman–Crippen MR) is 74.9 cm³/mol. The van der Waals surface area contributed by atoms with Crippen molar-refractivity contribution in [2.24, 2.45) is 0 Å². The number of rotatable bonds is 3. The molecule has 106 valence electrons. The summed E-state index contributed by atoms with van der Waals surface area (Å²) in [7, 11) is -3.68.